The van der Waals surface area contributed by atoms with E-state index in [4.69, 9.17) is 10.2 Å². The van der Waals surface area contributed by atoms with Crippen LogP contribution in [0.1, 0.15) is 24.8 Å². The van der Waals surface area contributed by atoms with Gasteiger partial charge in [-0.05, 0) is 43.7 Å². The Morgan fingerprint density at radius 2 is 1.82 bits per heavy atom. The summed E-state index contributed by atoms with van der Waals surface area (Å²) in [6.45, 7) is 0.814. The number of hydrogen-bond acceptors (Lipinski definition) is 3. The van der Waals surface area contributed by atoms with E-state index < -0.39 is 17.9 Å². The Kier molecular flexibility index (Phi) is 7.35. The Labute approximate surface area is 136 Å². The van der Waals surface area contributed by atoms with Crippen LogP contribution in [-0.4, -0.2) is 34.7 Å². The topological polar surface area (TPSA) is 86.6 Å². The number of rotatable bonds is 6. The fourth-order valence-electron chi connectivity index (χ4n) is 3.00. The van der Waals surface area contributed by atoms with Crippen LogP contribution in [0.2, 0.25) is 0 Å². The minimum Gasteiger partial charge on any atom is -0.481 e. The van der Waals surface area contributed by atoms with Crippen molar-refractivity contribution in [3.05, 3.63) is 35.9 Å². The van der Waals surface area contributed by atoms with Gasteiger partial charge in [-0.15, -0.1) is 12.4 Å². The molecule has 1 saturated heterocycles. The van der Waals surface area contributed by atoms with E-state index in [0.717, 1.165) is 25.8 Å². The summed E-state index contributed by atoms with van der Waals surface area (Å²) >= 11 is 0. The molecule has 1 aliphatic rings. The van der Waals surface area contributed by atoms with Gasteiger partial charge >= 0.3 is 11.9 Å². The third-order valence-corrected chi connectivity index (χ3v) is 4.09. The van der Waals surface area contributed by atoms with Gasteiger partial charge < -0.3 is 15.5 Å². The third kappa shape index (κ3) is 5.31. The molecule has 1 aromatic carbocycles. The van der Waals surface area contributed by atoms with Crippen molar-refractivity contribution < 1.29 is 19.8 Å². The molecule has 0 bridgehead atoms. The van der Waals surface area contributed by atoms with Gasteiger partial charge in [0.05, 0.1) is 0 Å². The average molecular weight is 328 g/mol. The standard InChI is InChI=1S/C16H21NO4.ClH/c18-15(19)14(16(20)21)10-13-9-12(6-7-17-13)8-11-4-2-1-3-5-11;/h1-5,12-14,17H,6-10H2,(H,18,19)(H,20,21);1H. The Hall–Kier alpha value is -1.59. The number of carbonyl (C=O) groups is 2. The van der Waals surface area contributed by atoms with Gasteiger partial charge in [0.15, 0.2) is 5.92 Å². The third-order valence-electron chi connectivity index (χ3n) is 4.09. The predicted molar refractivity (Wildman–Crippen MR) is 85.3 cm³/mol. The van der Waals surface area contributed by atoms with Gasteiger partial charge in [-0.2, -0.15) is 0 Å². The van der Waals surface area contributed by atoms with Gasteiger partial charge in [0, 0.05) is 6.04 Å². The monoisotopic (exact) mass is 327 g/mol. The van der Waals surface area contributed by atoms with E-state index in [9.17, 15) is 9.59 Å². The second kappa shape index (κ2) is 8.76. The van der Waals surface area contributed by atoms with E-state index in [0.29, 0.717) is 5.92 Å². The van der Waals surface area contributed by atoms with Crippen molar-refractivity contribution in [2.24, 2.45) is 11.8 Å². The molecule has 1 aromatic rings. The SMILES string of the molecule is Cl.O=C(O)C(CC1CC(Cc2ccccc2)CCN1)C(=O)O. The van der Waals surface area contributed by atoms with Gasteiger partial charge in [-0.25, -0.2) is 0 Å². The number of hydrogen-bond donors (Lipinski definition) is 3. The highest BCUT2D eigenvalue weighted by Crippen LogP contribution is 2.24. The lowest BCUT2D eigenvalue weighted by atomic mass is 9.84. The lowest BCUT2D eigenvalue weighted by molar-refractivity contribution is -0.155. The fraction of sp³-hybridized carbons (Fsp3) is 0.500. The molecule has 0 spiro atoms. The molecule has 3 N–H and O–H groups in total. The van der Waals surface area contributed by atoms with Crippen molar-refractivity contribution in [2.45, 2.75) is 31.7 Å². The number of piperidine rings is 1. The van der Waals surface area contributed by atoms with E-state index >= 15 is 0 Å². The molecule has 122 valence electrons. The summed E-state index contributed by atoms with van der Waals surface area (Å²) < 4.78 is 0. The smallest absolute Gasteiger partial charge is 0.317 e. The number of benzene rings is 1. The second-order valence-electron chi connectivity index (χ2n) is 5.70. The van der Waals surface area contributed by atoms with Crippen molar-refractivity contribution in [3.8, 4) is 0 Å². The number of nitrogens with one attached hydrogen (secondary N) is 1. The number of carboxylic acid groups (broad SMARTS) is 2. The van der Waals surface area contributed by atoms with Gasteiger partial charge in [-0.1, -0.05) is 30.3 Å². The molecule has 6 heteroatoms. The maximum atomic E-state index is 11.0. The molecule has 0 aromatic heterocycles. The molecule has 0 saturated carbocycles. The fourth-order valence-corrected chi connectivity index (χ4v) is 3.00. The normalized spacial score (nSPS) is 21.1. The molecule has 0 amide bonds. The van der Waals surface area contributed by atoms with Crippen LogP contribution in [0.25, 0.3) is 0 Å². The van der Waals surface area contributed by atoms with E-state index in [-0.39, 0.29) is 24.9 Å². The molecule has 0 radical (unpaired) electrons. The first-order valence-electron chi connectivity index (χ1n) is 7.29. The maximum Gasteiger partial charge on any atom is 0.317 e. The molecule has 5 nitrogen and oxygen atoms in total. The first-order valence-corrected chi connectivity index (χ1v) is 7.29. The van der Waals surface area contributed by atoms with Gasteiger partial charge in [0.1, 0.15) is 0 Å². The zero-order valence-corrected chi connectivity index (χ0v) is 13.1. The summed E-state index contributed by atoms with van der Waals surface area (Å²) in [5.74, 6) is -3.36. The molecule has 1 heterocycles. The van der Waals surface area contributed by atoms with Crippen LogP contribution in [0.15, 0.2) is 30.3 Å². The molecule has 2 rings (SSSR count). The molecular weight excluding hydrogens is 306 g/mol. The highest BCUT2D eigenvalue weighted by Gasteiger charge is 2.31. The molecule has 2 unspecified atom stereocenters. The second-order valence-corrected chi connectivity index (χ2v) is 5.70. The van der Waals surface area contributed by atoms with Crippen LogP contribution >= 0.6 is 12.4 Å². The Morgan fingerprint density at radius 3 is 2.41 bits per heavy atom. The number of aliphatic carboxylic acids is 2. The minimum atomic E-state index is -1.32. The zero-order chi connectivity index (χ0) is 15.2. The first kappa shape index (κ1) is 18.5. The quantitative estimate of drug-likeness (QED) is 0.697. The van der Waals surface area contributed by atoms with Crippen LogP contribution in [0.3, 0.4) is 0 Å². The summed E-state index contributed by atoms with van der Waals surface area (Å²) in [4.78, 5) is 22.0. The summed E-state index contributed by atoms with van der Waals surface area (Å²) in [5, 5.41) is 21.2. The van der Waals surface area contributed by atoms with Crippen molar-refractivity contribution in [3.63, 3.8) is 0 Å². The molecule has 22 heavy (non-hydrogen) atoms. The molecule has 1 fully saturated rings. The largest absolute Gasteiger partial charge is 0.481 e. The van der Waals surface area contributed by atoms with Crippen molar-refractivity contribution in [2.75, 3.05) is 6.54 Å². The summed E-state index contributed by atoms with van der Waals surface area (Å²) in [6, 6.07) is 10.2. The van der Waals surface area contributed by atoms with Crippen LogP contribution in [0.5, 0.6) is 0 Å². The molecule has 2 atom stereocenters. The molecular formula is C16H22ClNO4. The maximum absolute atomic E-state index is 11.0. The Balaban J connectivity index is 0.00000242. The van der Waals surface area contributed by atoms with Crippen LogP contribution in [0, 0.1) is 11.8 Å². The number of carboxylic acids is 2. The summed E-state index contributed by atoms with van der Waals surface area (Å²) in [7, 11) is 0. The van der Waals surface area contributed by atoms with Crippen molar-refractivity contribution in [1.82, 2.24) is 5.32 Å². The van der Waals surface area contributed by atoms with Crippen LogP contribution in [0.4, 0.5) is 0 Å². The minimum absolute atomic E-state index is 0. The first-order chi connectivity index (χ1) is 10.1. The van der Waals surface area contributed by atoms with E-state index in [2.05, 4.69) is 17.4 Å². The Bertz CT molecular complexity index is 480. The average Bonchev–Trinajstić information content (AvgIpc) is 2.45. The molecule has 0 aliphatic carbocycles. The molecule has 1 aliphatic heterocycles. The van der Waals surface area contributed by atoms with E-state index in [1.807, 2.05) is 18.2 Å². The predicted octanol–water partition coefficient (Wildman–Crippen LogP) is 2.19. The summed E-state index contributed by atoms with van der Waals surface area (Å²) in [5.41, 5.74) is 1.27. The van der Waals surface area contributed by atoms with Gasteiger partial charge in [-0.3, -0.25) is 9.59 Å². The van der Waals surface area contributed by atoms with Crippen molar-refractivity contribution >= 4 is 24.3 Å². The van der Waals surface area contributed by atoms with Crippen LogP contribution in [-0.2, 0) is 16.0 Å². The van der Waals surface area contributed by atoms with Gasteiger partial charge in [0.2, 0.25) is 0 Å². The van der Waals surface area contributed by atoms with E-state index in [1.54, 1.807) is 0 Å². The van der Waals surface area contributed by atoms with Gasteiger partial charge in [0.25, 0.3) is 0 Å². The summed E-state index contributed by atoms with van der Waals surface area (Å²) in [6.07, 6.45) is 2.97. The van der Waals surface area contributed by atoms with E-state index in [1.165, 1.54) is 5.56 Å². The lowest BCUT2D eigenvalue weighted by Gasteiger charge is -2.31. The number of halogens is 1. The Morgan fingerprint density at radius 1 is 1.18 bits per heavy atom. The highest BCUT2D eigenvalue weighted by molar-refractivity contribution is 5.92. The zero-order valence-electron chi connectivity index (χ0n) is 12.3. The lowest BCUT2D eigenvalue weighted by Crippen LogP contribution is -2.42. The highest BCUT2D eigenvalue weighted by atomic mass is 35.5. The van der Waals surface area contributed by atoms with Crippen LogP contribution < -0.4 is 5.32 Å². The van der Waals surface area contributed by atoms with Crippen molar-refractivity contribution in [1.29, 1.82) is 0 Å².